The predicted octanol–water partition coefficient (Wildman–Crippen LogP) is 3.99. The maximum Gasteiger partial charge on any atom is 0.172 e. The summed E-state index contributed by atoms with van der Waals surface area (Å²) in [5.41, 5.74) is 3.38. The normalized spacial score (nSPS) is 12.7. The van der Waals surface area contributed by atoms with Crippen molar-refractivity contribution in [2.75, 3.05) is 7.11 Å². The first-order valence-electron chi connectivity index (χ1n) is 6.91. The van der Waals surface area contributed by atoms with Crippen molar-refractivity contribution in [3.05, 3.63) is 45.9 Å². The van der Waals surface area contributed by atoms with Crippen LogP contribution in [-0.4, -0.2) is 29.6 Å². The summed E-state index contributed by atoms with van der Waals surface area (Å²) in [4.78, 5) is 12.6. The van der Waals surface area contributed by atoms with E-state index in [1.807, 2.05) is 31.2 Å². The highest BCUT2D eigenvalue weighted by Gasteiger charge is 2.19. The van der Waals surface area contributed by atoms with E-state index >= 15 is 0 Å². The van der Waals surface area contributed by atoms with Crippen LogP contribution in [0.2, 0.25) is 0 Å². The van der Waals surface area contributed by atoms with Gasteiger partial charge in [0.1, 0.15) is 0 Å². The average molecular weight is 372 g/mol. The minimum Gasteiger partial charge on any atom is -0.503 e. The average Bonchev–Trinajstić information content (AvgIpc) is 3.03. The number of aromatic hydroxyl groups is 1. The molecule has 5 nitrogen and oxygen atoms in total. The van der Waals surface area contributed by atoms with Crippen LogP contribution in [0.4, 0.5) is 0 Å². The van der Waals surface area contributed by atoms with Gasteiger partial charge in [0.15, 0.2) is 17.3 Å². The molecule has 23 heavy (non-hydrogen) atoms. The fraction of sp³-hybridized carbons (Fsp3) is 0.118. The topological polar surface area (TPSA) is 67.1 Å². The number of aromatic nitrogens is 1. The SMILES string of the molecule is COc1c(O)c(Br)cc(C=C2N=CC=N2)c1-c1ccnc(C)c1. The summed E-state index contributed by atoms with van der Waals surface area (Å²) in [5.74, 6) is 1.04. The first kappa shape index (κ1) is 15.4. The van der Waals surface area contributed by atoms with Gasteiger partial charge in [0.05, 0.1) is 11.6 Å². The molecule has 2 aromatic rings. The standard InChI is InChI=1S/C17H14BrN3O2/c1-10-7-11(3-4-19-10)15-12(9-14-20-5-6-21-14)8-13(18)16(22)17(15)23-2/h3-9,22H,1-2H3. The van der Waals surface area contributed by atoms with Crippen molar-refractivity contribution in [3.8, 4) is 22.6 Å². The third-order valence-electron chi connectivity index (χ3n) is 3.39. The number of aliphatic imine (C=N–C) groups is 2. The van der Waals surface area contributed by atoms with Crippen LogP contribution in [0, 0.1) is 6.92 Å². The van der Waals surface area contributed by atoms with Gasteiger partial charge in [0.25, 0.3) is 0 Å². The quantitative estimate of drug-likeness (QED) is 0.886. The van der Waals surface area contributed by atoms with Crippen molar-refractivity contribution in [2.45, 2.75) is 6.92 Å². The highest BCUT2D eigenvalue weighted by molar-refractivity contribution is 9.10. The molecule has 0 bridgehead atoms. The summed E-state index contributed by atoms with van der Waals surface area (Å²) in [6.45, 7) is 1.92. The molecule has 1 aliphatic rings. The van der Waals surface area contributed by atoms with Gasteiger partial charge in [-0.25, -0.2) is 9.98 Å². The smallest absolute Gasteiger partial charge is 0.172 e. The largest absolute Gasteiger partial charge is 0.503 e. The zero-order valence-electron chi connectivity index (χ0n) is 12.6. The number of halogens is 1. The second-order valence-corrected chi connectivity index (χ2v) is 5.80. The van der Waals surface area contributed by atoms with Crippen molar-refractivity contribution in [2.24, 2.45) is 9.98 Å². The summed E-state index contributed by atoms with van der Waals surface area (Å²) in [5, 5.41) is 10.3. The maximum atomic E-state index is 10.3. The molecule has 0 fully saturated rings. The molecule has 0 saturated heterocycles. The van der Waals surface area contributed by atoms with Crippen LogP contribution in [0.5, 0.6) is 11.5 Å². The molecule has 1 aliphatic heterocycles. The Hall–Kier alpha value is -2.47. The van der Waals surface area contributed by atoms with Crippen LogP contribution in [0.25, 0.3) is 17.2 Å². The number of ether oxygens (including phenoxy) is 1. The van der Waals surface area contributed by atoms with Crippen LogP contribution in [-0.2, 0) is 0 Å². The molecule has 1 N–H and O–H groups in total. The molecule has 116 valence electrons. The Kier molecular flexibility index (Phi) is 4.25. The molecule has 6 heteroatoms. The highest BCUT2D eigenvalue weighted by Crippen LogP contribution is 2.45. The van der Waals surface area contributed by atoms with Gasteiger partial charge in [-0.1, -0.05) is 0 Å². The van der Waals surface area contributed by atoms with Crippen LogP contribution < -0.4 is 4.74 Å². The van der Waals surface area contributed by atoms with Crippen molar-refractivity contribution in [3.63, 3.8) is 0 Å². The molecule has 0 amide bonds. The highest BCUT2D eigenvalue weighted by atomic mass is 79.9. The zero-order chi connectivity index (χ0) is 16.4. The van der Waals surface area contributed by atoms with Crippen molar-refractivity contribution >= 4 is 34.4 Å². The lowest BCUT2D eigenvalue weighted by Gasteiger charge is -2.15. The van der Waals surface area contributed by atoms with Gasteiger partial charge in [-0.05, 0) is 58.3 Å². The van der Waals surface area contributed by atoms with Crippen LogP contribution in [0.1, 0.15) is 11.3 Å². The number of rotatable bonds is 3. The van der Waals surface area contributed by atoms with Gasteiger partial charge in [0, 0.05) is 29.9 Å². The Morgan fingerprint density at radius 2 is 1.96 bits per heavy atom. The molecular formula is C17H14BrN3O2. The number of phenols is 1. The van der Waals surface area contributed by atoms with Gasteiger partial charge >= 0.3 is 0 Å². The third-order valence-corrected chi connectivity index (χ3v) is 4.00. The zero-order valence-corrected chi connectivity index (χ0v) is 14.2. The van der Waals surface area contributed by atoms with Gasteiger partial charge in [0.2, 0.25) is 0 Å². The monoisotopic (exact) mass is 371 g/mol. The summed E-state index contributed by atoms with van der Waals surface area (Å²) in [7, 11) is 1.53. The molecule has 0 aliphatic carbocycles. The number of hydrogen-bond acceptors (Lipinski definition) is 5. The van der Waals surface area contributed by atoms with Crippen molar-refractivity contribution in [1.82, 2.24) is 4.98 Å². The molecule has 0 spiro atoms. The first-order valence-corrected chi connectivity index (χ1v) is 7.70. The molecule has 1 aromatic carbocycles. The van der Waals surface area contributed by atoms with Crippen molar-refractivity contribution in [1.29, 1.82) is 0 Å². The van der Waals surface area contributed by atoms with Gasteiger partial charge in [-0.3, -0.25) is 4.98 Å². The number of methoxy groups -OCH3 is 1. The van der Waals surface area contributed by atoms with Gasteiger partial charge in [-0.15, -0.1) is 0 Å². The summed E-state index contributed by atoms with van der Waals surface area (Å²) in [6, 6.07) is 5.63. The number of benzene rings is 1. The molecule has 2 heterocycles. The van der Waals surface area contributed by atoms with E-state index in [0.29, 0.717) is 16.0 Å². The minimum atomic E-state index is 0.0533. The number of nitrogens with zero attached hydrogens (tertiary/aromatic N) is 3. The van der Waals surface area contributed by atoms with E-state index in [0.717, 1.165) is 22.4 Å². The molecule has 0 radical (unpaired) electrons. The molecule has 0 saturated carbocycles. The first-order chi connectivity index (χ1) is 11.1. The molecule has 0 unspecified atom stereocenters. The summed E-state index contributed by atoms with van der Waals surface area (Å²) < 4.78 is 5.99. The lowest BCUT2D eigenvalue weighted by atomic mass is 9.97. The van der Waals surface area contributed by atoms with Gasteiger partial charge in [-0.2, -0.15) is 0 Å². The minimum absolute atomic E-state index is 0.0533. The number of pyridine rings is 1. The lowest BCUT2D eigenvalue weighted by Crippen LogP contribution is -1.94. The molecule has 0 atom stereocenters. The predicted molar refractivity (Wildman–Crippen MR) is 95.3 cm³/mol. The Bertz CT molecular complexity index is 843. The summed E-state index contributed by atoms with van der Waals surface area (Å²) >= 11 is 3.36. The molecular weight excluding hydrogens is 358 g/mol. The lowest BCUT2D eigenvalue weighted by molar-refractivity contribution is 0.373. The second kappa shape index (κ2) is 6.34. The van der Waals surface area contributed by atoms with E-state index in [9.17, 15) is 5.11 Å². The van der Waals surface area contributed by atoms with Crippen LogP contribution >= 0.6 is 15.9 Å². The summed E-state index contributed by atoms with van der Waals surface area (Å²) in [6.07, 6.45) is 6.84. The Morgan fingerprint density at radius 1 is 1.22 bits per heavy atom. The van der Waals surface area contributed by atoms with E-state index in [1.165, 1.54) is 7.11 Å². The van der Waals surface area contributed by atoms with E-state index in [-0.39, 0.29) is 5.75 Å². The third kappa shape index (κ3) is 3.03. The van der Waals surface area contributed by atoms with E-state index in [1.54, 1.807) is 18.6 Å². The second-order valence-electron chi connectivity index (χ2n) is 4.95. The van der Waals surface area contributed by atoms with Crippen LogP contribution in [0.3, 0.4) is 0 Å². The Balaban J connectivity index is 2.30. The van der Waals surface area contributed by atoms with E-state index in [4.69, 9.17) is 4.74 Å². The number of hydrogen-bond donors (Lipinski definition) is 1. The number of aryl methyl sites for hydroxylation is 1. The fourth-order valence-corrected chi connectivity index (χ4v) is 2.84. The molecule has 3 rings (SSSR count). The van der Waals surface area contributed by atoms with Crippen LogP contribution in [0.15, 0.2) is 44.7 Å². The fourth-order valence-electron chi connectivity index (χ4n) is 2.41. The van der Waals surface area contributed by atoms with E-state index < -0.39 is 0 Å². The number of phenolic OH excluding ortho intramolecular Hbond substituents is 1. The maximum absolute atomic E-state index is 10.3. The molecule has 1 aromatic heterocycles. The van der Waals surface area contributed by atoms with E-state index in [2.05, 4.69) is 30.9 Å². The Morgan fingerprint density at radius 3 is 2.61 bits per heavy atom. The van der Waals surface area contributed by atoms with Crippen molar-refractivity contribution < 1.29 is 9.84 Å². The Labute approximate surface area is 142 Å². The van der Waals surface area contributed by atoms with Gasteiger partial charge < -0.3 is 9.84 Å².